The first kappa shape index (κ1) is 23.2. The van der Waals surface area contributed by atoms with Crippen LogP contribution in [0.25, 0.3) is 10.9 Å². The second-order valence-corrected chi connectivity index (χ2v) is 8.62. The molecule has 0 radical (unpaired) electrons. The van der Waals surface area contributed by atoms with E-state index < -0.39 is 23.9 Å². The number of para-hydroxylation sites is 3. The number of pyridine rings is 1. The Hall–Kier alpha value is -3.94. The van der Waals surface area contributed by atoms with Crippen LogP contribution in [0.15, 0.2) is 60.7 Å². The van der Waals surface area contributed by atoms with Crippen LogP contribution in [0.1, 0.15) is 30.8 Å². The summed E-state index contributed by atoms with van der Waals surface area (Å²) in [4.78, 5) is 43.0. The maximum atomic E-state index is 13.1. The first-order valence-corrected chi connectivity index (χ1v) is 11.2. The summed E-state index contributed by atoms with van der Waals surface area (Å²) < 4.78 is 11.2. The number of amides is 2. The minimum Gasteiger partial charge on any atom is -0.487 e. The van der Waals surface area contributed by atoms with Gasteiger partial charge in [-0.25, -0.2) is 4.98 Å². The Balaban J connectivity index is 1.46. The van der Waals surface area contributed by atoms with E-state index in [-0.39, 0.29) is 30.6 Å². The standard InChI is InChI=1S/C26H27N3O5/c1-16(2)13-20(28-25(31)19-12-11-17-7-3-4-8-18(17)27-19)26(32)29-21-14-33-23-9-5-6-10-24(23)34-15-22(21)30/h3-12,16,20-21H,13-15H2,1-2H3,(H,28,31)(H,29,32)/t20?,21-/m0/s1. The number of hydrogen-bond acceptors (Lipinski definition) is 6. The molecule has 8 nitrogen and oxygen atoms in total. The van der Waals surface area contributed by atoms with Crippen LogP contribution in [0.3, 0.4) is 0 Å². The van der Waals surface area contributed by atoms with Crippen molar-refractivity contribution in [2.45, 2.75) is 32.4 Å². The summed E-state index contributed by atoms with van der Waals surface area (Å²) in [6.45, 7) is 3.69. The molecule has 2 N–H and O–H groups in total. The highest BCUT2D eigenvalue weighted by Gasteiger charge is 2.30. The number of ether oxygens (including phenoxy) is 2. The summed E-state index contributed by atoms with van der Waals surface area (Å²) >= 11 is 0. The highest BCUT2D eigenvalue weighted by molar-refractivity contribution is 5.99. The van der Waals surface area contributed by atoms with Crippen molar-refractivity contribution in [1.29, 1.82) is 0 Å². The third-order valence-electron chi connectivity index (χ3n) is 5.49. The topological polar surface area (TPSA) is 107 Å². The lowest BCUT2D eigenvalue weighted by Crippen LogP contribution is -2.54. The van der Waals surface area contributed by atoms with Gasteiger partial charge in [0.15, 0.2) is 17.3 Å². The predicted molar refractivity (Wildman–Crippen MR) is 127 cm³/mol. The average Bonchev–Trinajstić information content (AvgIpc) is 2.83. The van der Waals surface area contributed by atoms with E-state index >= 15 is 0 Å². The minimum atomic E-state index is -0.897. The molecular weight excluding hydrogens is 434 g/mol. The molecule has 0 spiro atoms. The maximum Gasteiger partial charge on any atom is 0.270 e. The molecular formula is C26H27N3O5. The summed E-state index contributed by atoms with van der Waals surface area (Å²) in [5, 5.41) is 6.43. The van der Waals surface area contributed by atoms with Crippen LogP contribution in [-0.4, -0.2) is 47.9 Å². The van der Waals surface area contributed by atoms with Crippen molar-refractivity contribution in [3.05, 3.63) is 66.4 Å². The van der Waals surface area contributed by atoms with Gasteiger partial charge in [-0.1, -0.05) is 50.2 Å². The maximum absolute atomic E-state index is 13.1. The molecule has 4 rings (SSSR count). The van der Waals surface area contributed by atoms with Gasteiger partial charge in [0.2, 0.25) is 5.91 Å². The first-order chi connectivity index (χ1) is 16.4. The van der Waals surface area contributed by atoms with E-state index in [4.69, 9.17) is 9.47 Å². The van der Waals surface area contributed by atoms with E-state index in [0.717, 1.165) is 5.39 Å². The van der Waals surface area contributed by atoms with E-state index in [1.807, 2.05) is 44.2 Å². The summed E-state index contributed by atoms with van der Waals surface area (Å²) in [6, 6.07) is 16.2. The molecule has 2 heterocycles. The SMILES string of the molecule is CC(C)CC(NC(=O)c1ccc2ccccc2n1)C(=O)N[C@H]1COc2ccccc2OCC1=O. The van der Waals surface area contributed by atoms with Crippen molar-refractivity contribution < 1.29 is 23.9 Å². The highest BCUT2D eigenvalue weighted by Crippen LogP contribution is 2.27. The Kier molecular flexibility index (Phi) is 7.06. The fourth-order valence-corrected chi connectivity index (χ4v) is 3.73. The van der Waals surface area contributed by atoms with E-state index in [1.165, 1.54) is 0 Å². The zero-order chi connectivity index (χ0) is 24.1. The number of fused-ring (bicyclic) bond motifs is 2. The Morgan fingerprint density at radius 1 is 1.00 bits per heavy atom. The van der Waals surface area contributed by atoms with Gasteiger partial charge in [-0.3, -0.25) is 14.4 Å². The molecule has 0 saturated carbocycles. The van der Waals surface area contributed by atoms with Crippen molar-refractivity contribution in [3.63, 3.8) is 0 Å². The number of Topliss-reactive ketones (excluding diaryl/α,β-unsaturated/α-hetero) is 1. The van der Waals surface area contributed by atoms with Gasteiger partial charge in [-0.15, -0.1) is 0 Å². The smallest absolute Gasteiger partial charge is 0.270 e. The molecule has 1 aliphatic heterocycles. The third kappa shape index (κ3) is 5.51. The zero-order valence-corrected chi connectivity index (χ0v) is 19.1. The van der Waals surface area contributed by atoms with Crippen LogP contribution < -0.4 is 20.1 Å². The largest absolute Gasteiger partial charge is 0.487 e. The summed E-state index contributed by atoms with van der Waals surface area (Å²) in [7, 11) is 0. The molecule has 1 unspecified atom stereocenters. The number of carbonyl (C=O) groups excluding carboxylic acids is 3. The van der Waals surface area contributed by atoms with Gasteiger partial charge < -0.3 is 20.1 Å². The number of aromatic nitrogens is 1. The molecule has 0 fully saturated rings. The molecule has 1 aromatic heterocycles. The normalized spacial score (nSPS) is 16.4. The van der Waals surface area contributed by atoms with E-state index in [0.29, 0.717) is 23.4 Å². The monoisotopic (exact) mass is 461 g/mol. The summed E-state index contributed by atoms with van der Waals surface area (Å²) in [5.41, 5.74) is 0.910. The fourth-order valence-electron chi connectivity index (χ4n) is 3.73. The lowest BCUT2D eigenvalue weighted by Gasteiger charge is -2.26. The van der Waals surface area contributed by atoms with Crippen LogP contribution in [0, 0.1) is 5.92 Å². The molecule has 2 atom stereocenters. The van der Waals surface area contributed by atoms with Gasteiger partial charge in [0.05, 0.1) is 5.52 Å². The van der Waals surface area contributed by atoms with Crippen LogP contribution in [0.5, 0.6) is 11.5 Å². The zero-order valence-electron chi connectivity index (χ0n) is 19.1. The molecule has 3 aromatic rings. The van der Waals surface area contributed by atoms with E-state index in [2.05, 4.69) is 15.6 Å². The van der Waals surface area contributed by atoms with Gasteiger partial charge in [0, 0.05) is 5.39 Å². The van der Waals surface area contributed by atoms with Gasteiger partial charge in [0.1, 0.15) is 31.0 Å². The van der Waals surface area contributed by atoms with Gasteiger partial charge in [0.25, 0.3) is 5.91 Å². The number of ketones is 1. The quantitative estimate of drug-likeness (QED) is 0.585. The Bertz CT molecular complexity index is 1210. The Morgan fingerprint density at radius 2 is 1.71 bits per heavy atom. The second kappa shape index (κ2) is 10.3. The van der Waals surface area contributed by atoms with Crippen molar-refractivity contribution in [3.8, 4) is 11.5 Å². The van der Waals surface area contributed by atoms with E-state index in [1.54, 1.807) is 30.3 Å². The van der Waals surface area contributed by atoms with Gasteiger partial charge in [-0.2, -0.15) is 0 Å². The van der Waals surface area contributed by atoms with Crippen LogP contribution in [0.4, 0.5) is 0 Å². The lowest BCUT2D eigenvalue weighted by atomic mass is 10.0. The molecule has 0 saturated heterocycles. The van der Waals surface area contributed by atoms with Gasteiger partial charge in [-0.05, 0) is 36.6 Å². The number of carbonyl (C=O) groups is 3. The molecule has 1 aliphatic rings. The van der Waals surface area contributed by atoms with Crippen LogP contribution >= 0.6 is 0 Å². The minimum absolute atomic E-state index is 0.0283. The number of rotatable bonds is 6. The fraction of sp³-hybridized carbons (Fsp3) is 0.308. The first-order valence-electron chi connectivity index (χ1n) is 11.2. The molecule has 2 amide bonds. The Morgan fingerprint density at radius 3 is 2.47 bits per heavy atom. The lowest BCUT2D eigenvalue weighted by molar-refractivity contribution is -0.131. The van der Waals surface area contributed by atoms with Crippen LogP contribution in [0.2, 0.25) is 0 Å². The summed E-state index contributed by atoms with van der Waals surface area (Å²) in [5.74, 6) is -0.117. The molecule has 2 aromatic carbocycles. The summed E-state index contributed by atoms with van der Waals surface area (Å²) in [6.07, 6.45) is 0.395. The molecule has 0 bridgehead atoms. The predicted octanol–water partition coefficient (Wildman–Crippen LogP) is 2.90. The van der Waals surface area contributed by atoms with E-state index in [9.17, 15) is 14.4 Å². The van der Waals surface area contributed by atoms with Crippen molar-refractivity contribution >= 4 is 28.5 Å². The average molecular weight is 462 g/mol. The van der Waals surface area contributed by atoms with Crippen molar-refractivity contribution in [2.75, 3.05) is 13.2 Å². The van der Waals surface area contributed by atoms with Crippen molar-refractivity contribution in [1.82, 2.24) is 15.6 Å². The van der Waals surface area contributed by atoms with Gasteiger partial charge >= 0.3 is 0 Å². The third-order valence-corrected chi connectivity index (χ3v) is 5.49. The molecule has 176 valence electrons. The number of nitrogens with zero attached hydrogens (tertiary/aromatic N) is 1. The van der Waals surface area contributed by atoms with Crippen LogP contribution in [-0.2, 0) is 9.59 Å². The highest BCUT2D eigenvalue weighted by atomic mass is 16.5. The number of nitrogens with one attached hydrogen (secondary N) is 2. The molecule has 8 heteroatoms. The molecule has 0 aliphatic carbocycles. The van der Waals surface area contributed by atoms with Crippen molar-refractivity contribution in [2.24, 2.45) is 5.92 Å². The number of benzene rings is 2. The number of hydrogen-bond donors (Lipinski definition) is 2. The Labute approximate surface area is 197 Å². The second-order valence-electron chi connectivity index (χ2n) is 8.62. The molecule has 34 heavy (non-hydrogen) atoms.